The van der Waals surface area contributed by atoms with E-state index in [9.17, 15) is 0 Å². The van der Waals surface area contributed by atoms with Gasteiger partial charge in [0.2, 0.25) is 0 Å². The predicted octanol–water partition coefficient (Wildman–Crippen LogP) is 4.34. The molecule has 2 nitrogen and oxygen atoms in total. The van der Waals surface area contributed by atoms with Gasteiger partial charge < -0.3 is 5.32 Å². The Balaban J connectivity index is 1.88. The van der Waals surface area contributed by atoms with E-state index in [0.717, 1.165) is 18.8 Å². The van der Waals surface area contributed by atoms with Gasteiger partial charge in [-0.05, 0) is 36.0 Å². The first-order valence-corrected chi connectivity index (χ1v) is 7.21. The second kappa shape index (κ2) is 6.08. The van der Waals surface area contributed by atoms with Crippen LogP contribution in [0.15, 0.2) is 42.6 Å². The Bertz CT molecular complexity index is 550. The lowest BCUT2D eigenvalue weighted by Gasteiger charge is -2.18. The molecular weight excluding hydrogens is 244 g/mol. The zero-order valence-electron chi connectivity index (χ0n) is 12.9. The van der Waals surface area contributed by atoms with Gasteiger partial charge in [-0.2, -0.15) is 0 Å². The van der Waals surface area contributed by atoms with E-state index in [1.54, 1.807) is 0 Å². The van der Waals surface area contributed by atoms with Gasteiger partial charge in [0.15, 0.2) is 0 Å². The van der Waals surface area contributed by atoms with Crippen molar-refractivity contribution in [2.45, 2.75) is 39.5 Å². The molecule has 0 aliphatic rings. The molecule has 1 aromatic carbocycles. The molecule has 0 saturated heterocycles. The Kier molecular flexibility index (Phi) is 4.43. The lowest BCUT2D eigenvalue weighted by molar-refractivity contribution is 0.587. The molecule has 0 spiro atoms. The van der Waals surface area contributed by atoms with E-state index < -0.39 is 0 Å². The first-order valence-electron chi connectivity index (χ1n) is 7.21. The van der Waals surface area contributed by atoms with Crippen LogP contribution in [-0.4, -0.2) is 11.5 Å². The van der Waals surface area contributed by atoms with Gasteiger partial charge in [0.25, 0.3) is 0 Å². The molecule has 106 valence electrons. The second-order valence-electron chi connectivity index (χ2n) is 6.35. The molecule has 1 N–H and O–H groups in total. The fourth-order valence-corrected chi connectivity index (χ4v) is 2.14. The number of rotatable bonds is 4. The van der Waals surface area contributed by atoms with Crippen LogP contribution < -0.4 is 5.32 Å². The van der Waals surface area contributed by atoms with Crippen LogP contribution >= 0.6 is 0 Å². The topological polar surface area (TPSA) is 24.9 Å². The van der Waals surface area contributed by atoms with Crippen LogP contribution in [0.5, 0.6) is 0 Å². The third-order valence-corrected chi connectivity index (χ3v) is 3.43. The smallest absolute Gasteiger partial charge is 0.125 e. The van der Waals surface area contributed by atoms with Gasteiger partial charge in [0, 0.05) is 12.7 Å². The van der Waals surface area contributed by atoms with Gasteiger partial charge in [-0.1, -0.05) is 56.7 Å². The zero-order valence-corrected chi connectivity index (χ0v) is 12.9. The van der Waals surface area contributed by atoms with Crippen molar-refractivity contribution in [3.05, 3.63) is 59.3 Å². The van der Waals surface area contributed by atoms with E-state index in [1.165, 1.54) is 16.7 Å². The van der Waals surface area contributed by atoms with E-state index in [1.807, 2.05) is 6.20 Å². The maximum atomic E-state index is 4.48. The molecule has 0 radical (unpaired) electrons. The van der Waals surface area contributed by atoms with Crippen molar-refractivity contribution in [2.24, 2.45) is 0 Å². The van der Waals surface area contributed by atoms with Crippen LogP contribution in [0, 0.1) is 6.92 Å². The summed E-state index contributed by atoms with van der Waals surface area (Å²) < 4.78 is 0. The molecule has 0 atom stereocenters. The molecule has 1 aromatic heterocycles. The monoisotopic (exact) mass is 268 g/mol. The van der Waals surface area contributed by atoms with E-state index in [-0.39, 0.29) is 5.41 Å². The molecule has 0 unspecified atom stereocenters. The molecule has 0 aliphatic heterocycles. The number of aryl methyl sites for hydroxylation is 1. The number of hydrogen-bond donors (Lipinski definition) is 1. The van der Waals surface area contributed by atoms with Crippen molar-refractivity contribution in [1.29, 1.82) is 0 Å². The fourth-order valence-electron chi connectivity index (χ4n) is 2.14. The molecule has 1 heterocycles. The molecule has 2 rings (SSSR count). The van der Waals surface area contributed by atoms with Crippen molar-refractivity contribution in [3.63, 3.8) is 0 Å². The Morgan fingerprint density at radius 2 is 1.90 bits per heavy atom. The van der Waals surface area contributed by atoms with E-state index >= 15 is 0 Å². The van der Waals surface area contributed by atoms with Crippen LogP contribution in [0.4, 0.5) is 5.82 Å². The number of aromatic nitrogens is 1. The summed E-state index contributed by atoms with van der Waals surface area (Å²) in [7, 11) is 0. The average molecular weight is 268 g/mol. The maximum absolute atomic E-state index is 4.48. The second-order valence-corrected chi connectivity index (χ2v) is 6.35. The largest absolute Gasteiger partial charge is 0.370 e. The highest BCUT2D eigenvalue weighted by atomic mass is 15.0. The molecule has 2 aromatic rings. The van der Waals surface area contributed by atoms with Gasteiger partial charge in [-0.3, -0.25) is 0 Å². The van der Waals surface area contributed by atoms with Crippen molar-refractivity contribution in [3.8, 4) is 0 Å². The molecule has 20 heavy (non-hydrogen) atoms. The third kappa shape index (κ3) is 4.09. The van der Waals surface area contributed by atoms with Gasteiger partial charge >= 0.3 is 0 Å². The molecule has 0 amide bonds. The Morgan fingerprint density at radius 1 is 1.10 bits per heavy atom. The van der Waals surface area contributed by atoms with Crippen molar-refractivity contribution in [2.75, 3.05) is 11.9 Å². The highest BCUT2D eigenvalue weighted by molar-refractivity contribution is 5.37. The summed E-state index contributed by atoms with van der Waals surface area (Å²) in [6, 6.07) is 12.9. The molecule has 0 bridgehead atoms. The third-order valence-electron chi connectivity index (χ3n) is 3.43. The lowest BCUT2D eigenvalue weighted by atomic mass is 9.88. The SMILES string of the molecule is Cc1cccc(CCNc2ccc(C(C)(C)C)cn2)c1. The molecule has 0 saturated carbocycles. The van der Waals surface area contributed by atoms with E-state index in [0.29, 0.717) is 0 Å². The van der Waals surface area contributed by atoms with Gasteiger partial charge in [-0.25, -0.2) is 4.98 Å². The number of anilines is 1. The van der Waals surface area contributed by atoms with E-state index in [2.05, 4.69) is 74.4 Å². The minimum atomic E-state index is 0.160. The quantitative estimate of drug-likeness (QED) is 0.892. The minimum Gasteiger partial charge on any atom is -0.370 e. The summed E-state index contributed by atoms with van der Waals surface area (Å²) in [5, 5.41) is 3.38. The fraction of sp³-hybridized carbons (Fsp3) is 0.389. The summed E-state index contributed by atoms with van der Waals surface area (Å²) in [6.45, 7) is 9.65. The first kappa shape index (κ1) is 14.6. The lowest BCUT2D eigenvalue weighted by Crippen LogP contribution is -2.12. The molecule has 2 heteroatoms. The standard InChI is InChI=1S/C18H24N2/c1-14-6-5-7-15(12-14)10-11-19-17-9-8-16(13-20-17)18(2,3)4/h5-9,12-13H,10-11H2,1-4H3,(H,19,20). The zero-order chi connectivity index (χ0) is 14.6. The van der Waals surface area contributed by atoms with Crippen LogP contribution in [0.1, 0.15) is 37.5 Å². The number of nitrogens with zero attached hydrogens (tertiary/aromatic N) is 1. The van der Waals surface area contributed by atoms with Gasteiger partial charge in [-0.15, -0.1) is 0 Å². The average Bonchev–Trinajstić information content (AvgIpc) is 2.38. The van der Waals surface area contributed by atoms with Crippen molar-refractivity contribution >= 4 is 5.82 Å². The number of nitrogens with one attached hydrogen (secondary N) is 1. The summed E-state index contributed by atoms with van der Waals surface area (Å²) >= 11 is 0. The Morgan fingerprint density at radius 3 is 2.50 bits per heavy atom. The Labute approximate surface area is 122 Å². The van der Waals surface area contributed by atoms with Crippen LogP contribution in [0.2, 0.25) is 0 Å². The van der Waals surface area contributed by atoms with Crippen molar-refractivity contribution in [1.82, 2.24) is 4.98 Å². The molecule has 0 fully saturated rings. The van der Waals surface area contributed by atoms with E-state index in [4.69, 9.17) is 0 Å². The van der Waals surface area contributed by atoms with Crippen molar-refractivity contribution < 1.29 is 0 Å². The van der Waals surface area contributed by atoms with Crippen LogP contribution in [-0.2, 0) is 11.8 Å². The minimum absolute atomic E-state index is 0.160. The maximum Gasteiger partial charge on any atom is 0.125 e. The van der Waals surface area contributed by atoms with Crippen LogP contribution in [0.3, 0.4) is 0 Å². The molecule has 0 aliphatic carbocycles. The molecular formula is C18H24N2. The van der Waals surface area contributed by atoms with Gasteiger partial charge in [0.05, 0.1) is 0 Å². The summed E-state index contributed by atoms with van der Waals surface area (Å²) in [5.41, 5.74) is 4.10. The Hall–Kier alpha value is -1.83. The number of pyridine rings is 1. The van der Waals surface area contributed by atoms with Crippen LogP contribution in [0.25, 0.3) is 0 Å². The highest BCUT2D eigenvalue weighted by Crippen LogP contribution is 2.21. The highest BCUT2D eigenvalue weighted by Gasteiger charge is 2.13. The number of hydrogen-bond acceptors (Lipinski definition) is 2. The summed E-state index contributed by atoms with van der Waals surface area (Å²) in [5.74, 6) is 0.950. The first-order chi connectivity index (χ1) is 9.45. The number of benzene rings is 1. The normalized spacial score (nSPS) is 11.4. The summed E-state index contributed by atoms with van der Waals surface area (Å²) in [6.07, 6.45) is 2.99. The summed E-state index contributed by atoms with van der Waals surface area (Å²) in [4.78, 5) is 4.48. The van der Waals surface area contributed by atoms with Gasteiger partial charge in [0.1, 0.15) is 5.82 Å². The predicted molar refractivity (Wildman–Crippen MR) is 86.3 cm³/mol.